The molecule has 0 bridgehead atoms. The Bertz CT molecular complexity index is 845. The van der Waals surface area contributed by atoms with E-state index in [0.29, 0.717) is 11.3 Å². The molecule has 0 saturated heterocycles. The number of alkyl halides is 3. The summed E-state index contributed by atoms with van der Waals surface area (Å²) in [6, 6.07) is 12.4. The van der Waals surface area contributed by atoms with Crippen molar-refractivity contribution in [3.63, 3.8) is 0 Å². The Morgan fingerprint density at radius 1 is 1.12 bits per heavy atom. The number of esters is 1. The summed E-state index contributed by atoms with van der Waals surface area (Å²) in [4.78, 5) is 16.1. The largest absolute Gasteiger partial charge is 0.468 e. The summed E-state index contributed by atoms with van der Waals surface area (Å²) in [5.41, 5.74) is 0.878. The molecular formula is C19H17F3N2O2. The number of hydrogen-bond donors (Lipinski definition) is 1. The number of halogens is 3. The van der Waals surface area contributed by atoms with Gasteiger partial charge in [0.15, 0.2) is 0 Å². The first kappa shape index (κ1) is 18.0. The van der Waals surface area contributed by atoms with Gasteiger partial charge in [-0.15, -0.1) is 0 Å². The van der Waals surface area contributed by atoms with Crippen LogP contribution in [0.25, 0.3) is 0 Å². The highest BCUT2D eigenvalue weighted by molar-refractivity contribution is 6.08. The Morgan fingerprint density at radius 2 is 1.77 bits per heavy atom. The first-order valence-electron chi connectivity index (χ1n) is 7.97. The SMILES string of the molecule is COC(=O)[C@H]1C(C(F)(F)F)=Nc2ccccc2N[C@H]1c1ccc(C)cc1. The predicted molar refractivity (Wildman–Crippen MR) is 92.6 cm³/mol. The molecule has 0 radical (unpaired) electrons. The van der Waals surface area contributed by atoms with E-state index in [-0.39, 0.29) is 5.69 Å². The number of nitrogens with one attached hydrogen (secondary N) is 1. The molecule has 26 heavy (non-hydrogen) atoms. The van der Waals surface area contributed by atoms with E-state index in [1.54, 1.807) is 42.5 Å². The number of anilines is 1. The lowest BCUT2D eigenvalue weighted by molar-refractivity contribution is -0.145. The van der Waals surface area contributed by atoms with Crippen LogP contribution in [0.3, 0.4) is 0 Å². The molecule has 1 aliphatic heterocycles. The third-order valence-electron chi connectivity index (χ3n) is 4.27. The van der Waals surface area contributed by atoms with Gasteiger partial charge in [-0.3, -0.25) is 4.79 Å². The van der Waals surface area contributed by atoms with E-state index in [0.717, 1.165) is 12.7 Å². The lowest BCUT2D eigenvalue weighted by Gasteiger charge is -2.27. The van der Waals surface area contributed by atoms with Gasteiger partial charge < -0.3 is 10.1 Å². The molecule has 0 spiro atoms. The highest BCUT2D eigenvalue weighted by Crippen LogP contribution is 2.41. The van der Waals surface area contributed by atoms with Crippen LogP contribution >= 0.6 is 0 Å². The maximum absolute atomic E-state index is 13.7. The number of fused-ring (bicyclic) bond motifs is 1. The van der Waals surface area contributed by atoms with E-state index < -0.39 is 29.8 Å². The van der Waals surface area contributed by atoms with Crippen molar-refractivity contribution in [2.24, 2.45) is 10.9 Å². The van der Waals surface area contributed by atoms with Crippen LogP contribution < -0.4 is 5.32 Å². The zero-order valence-electron chi connectivity index (χ0n) is 14.2. The second-order valence-corrected chi connectivity index (χ2v) is 6.05. The quantitative estimate of drug-likeness (QED) is 0.795. The second kappa shape index (κ2) is 6.82. The molecule has 0 aliphatic carbocycles. The van der Waals surface area contributed by atoms with Gasteiger partial charge in [0, 0.05) is 0 Å². The van der Waals surface area contributed by atoms with Crippen LogP contribution in [0.2, 0.25) is 0 Å². The average molecular weight is 362 g/mol. The fourth-order valence-electron chi connectivity index (χ4n) is 2.97. The highest BCUT2D eigenvalue weighted by Gasteiger charge is 2.49. The molecule has 4 nitrogen and oxygen atoms in total. The normalized spacial score (nSPS) is 19.7. The lowest BCUT2D eigenvalue weighted by Crippen LogP contribution is -2.41. The van der Waals surface area contributed by atoms with Crippen LogP contribution in [0.4, 0.5) is 24.5 Å². The average Bonchev–Trinajstić information content (AvgIpc) is 2.78. The maximum Gasteiger partial charge on any atom is 0.430 e. The third-order valence-corrected chi connectivity index (χ3v) is 4.27. The molecule has 0 saturated carbocycles. The number of carbonyl (C=O) groups excluding carboxylic acids is 1. The molecule has 2 aromatic rings. The number of benzene rings is 2. The van der Waals surface area contributed by atoms with Crippen molar-refractivity contribution in [1.29, 1.82) is 0 Å². The van der Waals surface area contributed by atoms with Crippen molar-refractivity contribution >= 4 is 23.1 Å². The zero-order valence-corrected chi connectivity index (χ0v) is 14.2. The smallest absolute Gasteiger partial charge is 0.430 e. The van der Waals surface area contributed by atoms with Gasteiger partial charge in [0.2, 0.25) is 0 Å². The summed E-state index contributed by atoms with van der Waals surface area (Å²) in [6.45, 7) is 1.87. The fraction of sp³-hybridized carbons (Fsp3) is 0.263. The van der Waals surface area contributed by atoms with Gasteiger partial charge in [-0.2, -0.15) is 13.2 Å². The van der Waals surface area contributed by atoms with E-state index in [1.165, 1.54) is 6.07 Å². The van der Waals surface area contributed by atoms with E-state index in [1.807, 2.05) is 6.92 Å². The summed E-state index contributed by atoms with van der Waals surface area (Å²) < 4.78 is 45.9. The van der Waals surface area contributed by atoms with Crippen LogP contribution in [0.15, 0.2) is 53.5 Å². The molecule has 136 valence electrons. The van der Waals surface area contributed by atoms with Gasteiger partial charge in [0.25, 0.3) is 0 Å². The van der Waals surface area contributed by atoms with E-state index >= 15 is 0 Å². The number of nitrogens with zero attached hydrogens (tertiary/aromatic N) is 1. The minimum absolute atomic E-state index is 0.128. The summed E-state index contributed by atoms with van der Waals surface area (Å²) in [7, 11) is 1.07. The Kier molecular flexibility index (Phi) is 4.71. The molecular weight excluding hydrogens is 345 g/mol. The molecule has 0 unspecified atom stereocenters. The van der Waals surface area contributed by atoms with Gasteiger partial charge in [0.1, 0.15) is 11.6 Å². The Balaban J connectivity index is 2.22. The number of ether oxygens (including phenoxy) is 1. The topological polar surface area (TPSA) is 50.7 Å². The Labute approximate surface area is 148 Å². The molecule has 0 aromatic heterocycles. The van der Waals surface area contributed by atoms with E-state index in [9.17, 15) is 18.0 Å². The zero-order chi connectivity index (χ0) is 18.9. The van der Waals surface area contributed by atoms with Gasteiger partial charge in [0.05, 0.1) is 24.5 Å². The highest BCUT2D eigenvalue weighted by atomic mass is 19.4. The summed E-state index contributed by atoms with van der Waals surface area (Å²) >= 11 is 0. The van der Waals surface area contributed by atoms with Gasteiger partial charge in [-0.05, 0) is 24.6 Å². The van der Waals surface area contributed by atoms with Crippen molar-refractivity contribution in [3.05, 3.63) is 59.7 Å². The minimum atomic E-state index is -4.78. The first-order chi connectivity index (χ1) is 12.3. The molecule has 1 aliphatic rings. The van der Waals surface area contributed by atoms with Crippen molar-refractivity contribution in [2.45, 2.75) is 19.1 Å². The molecule has 2 atom stereocenters. The third kappa shape index (κ3) is 3.42. The van der Waals surface area contributed by atoms with E-state index in [4.69, 9.17) is 0 Å². The fourth-order valence-corrected chi connectivity index (χ4v) is 2.97. The molecule has 1 N–H and O–H groups in total. The van der Waals surface area contributed by atoms with Crippen molar-refractivity contribution < 1.29 is 22.7 Å². The van der Waals surface area contributed by atoms with Crippen LogP contribution in [-0.4, -0.2) is 25.0 Å². The number of para-hydroxylation sites is 2. The van der Waals surface area contributed by atoms with Crippen LogP contribution in [-0.2, 0) is 9.53 Å². The standard InChI is InChI=1S/C19H17F3N2O2/c1-11-7-9-12(10-8-11)16-15(18(25)26-2)17(19(20,21)22)24-14-6-4-3-5-13(14)23-16/h3-10,15-16,23H,1-2H3/t15-,16+/m1/s1. The van der Waals surface area contributed by atoms with Crippen LogP contribution in [0.5, 0.6) is 0 Å². The molecule has 0 amide bonds. The molecule has 2 aromatic carbocycles. The summed E-state index contributed by atoms with van der Waals surface area (Å²) in [5.74, 6) is -2.62. The molecule has 1 heterocycles. The minimum Gasteiger partial charge on any atom is -0.468 e. The number of aliphatic imine (C=N–C) groups is 1. The number of carbonyl (C=O) groups is 1. The second-order valence-electron chi connectivity index (χ2n) is 6.05. The lowest BCUT2D eigenvalue weighted by atomic mass is 9.88. The molecule has 0 fully saturated rings. The summed E-state index contributed by atoms with van der Waals surface area (Å²) in [6.07, 6.45) is -4.78. The number of rotatable bonds is 2. The van der Waals surface area contributed by atoms with Crippen molar-refractivity contribution in [1.82, 2.24) is 0 Å². The number of aryl methyl sites for hydroxylation is 1. The molecule has 3 rings (SSSR count). The number of hydrogen-bond acceptors (Lipinski definition) is 4. The van der Waals surface area contributed by atoms with Gasteiger partial charge >= 0.3 is 12.1 Å². The van der Waals surface area contributed by atoms with E-state index in [2.05, 4.69) is 15.0 Å². The summed E-state index contributed by atoms with van der Waals surface area (Å²) in [5, 5.41) is 3.05. The maximum atomic E-state index is 13.7. The van der Waals surface area contributed by atoms with Gasteiger partial charge in [-0.1, -0.05) is 42.0 Å². The number of methoxy groups -OCH3 is 1. The Hall–Kier alpha value is -2.83. The molecule has 7 heteroatoms. The predicted octanol–water partition coefficient (Wildman–Crippen LogP) is 4.59. The van der Waals surface area contributed by atoms with Crippen LogP contribution in [0, 0.1) is 12.8 Å². The first-order valence-corrected chi connectivity index (χ1v) is 7.97. The van der Waals surface area contributed by atoms with Gasteiger partial charge in [-0.25, -0.2) is 4.99 Å². The van der Waals surface area contributed by atoms with Crippen molar-refractivity contribution in [3.8, 4) is 0 Å². The van der Waals surface area contributed by atoms with Crippen LogP contribution in [0.1, 0.15) is 17.2 Å². The Morgan fingerprint density at radius 3 is 2.38 bits per heavy atom. The monoisotopic (exact) mass is 362 g/mol. The van der Waals surface area contributed by atoms with Crippen molar-refractivity contribution in [2.75, 3.05) is 12.4 Å².